The van der Waals surface area contributed by atoms with Gasteiger partial charge in [0.2, 0.25) is 21.8 Å². The Balaban J connectivity index is 2.84. The summed E-state index contributed by atoms with van der Waals surface area (Å²) in [6.45, 7) is 3.63. The van der Waals surface area contributed by atoms with Gasteiger partial charge >= 0.3 is 0 Å². The number of carbonyl (C=O) groups is 1. The average molecular weight is 369 g/mol. The van der Waals surface area contributed by atoms with Crippen LogP contribution >= 0.6 is 0 Å². The third-order valence-electron chi connectivity index (χ3n) is 2.55. The van der Waals surface area contributed by atoms with E-state index in [0.717, 1.165) is 0 Å². The van der Waals surface area contributed by atoms with Crippen LogP contribution in [-0.2, 0) is 19.7 Å². The monoisotopic (exact) mass is 369 g/mol. The molecule has 0 saturated heterocycles. The van der Waals surface area contributed by atoms with Crippen LogP contribution in [0.15, 0.2) is 18.2 Å². The van der Waals surface area contributed by atoms with Gasteiger partial charge in [0, 0.05) is 12.6 Å². The summed E-state index contributed by atoms with van der Waals surface area (Å²) in [7, 11) is -2.84. The van der Waals surface area contributed by atoms with Crippen molar-refractivity contribution in [3.63, 3.8) is 0 Å². The van der Waals surface area contributed by atoms with Gasteiger partial charge in [-0.15, -0.1) is 4.83 Å². The summed E-state index contributed by atoms with van der Waals surface area (Å²) in [6.07, 6.45) is -0.126. The highest BCUT2D eigenvalue weighted by molar-refractivity contribution is 7.90. The van der Waals surface area contributed by atoms with E-state index in [-0.39, 0.29) is 17.2 Å². The lowest BCUT2D eigenvalue weighted by Crippen LogP contribution is -2.44. The minimum Gasteiger partial charge on any atom is -0.490 e. The van der Waals surface area contributed by atoms with Crippen LogP contribution < -0.4 is 15.3 Å². The zero-order valence-electron chi connectivity index (χ0n) is 13.9. The first kappa shape index (κ1) is 20.4. The highest BCUT2D eigenvalue weighted by Gasteiger charge is 2.19. The molecule has 0 aliphatic carbocycles. The van der Waals surface area contributed by atoms with E-state index in [2.05, 4.69) is 0 Å². The van der Waals surface area contributed by atoms with Crippen molar-refractivity contribution in [3.8, 4) is 11.8 Å². The molecule has 11 heteroatoms. The normalized spacial score (nSPS) is 11.2. The maximum Gasteiger partial charge on any atom is 0.240 e. The molecule has 1 aromatic carbocycles. The number of nitriles is 1. The van der Waals surface area contributed by atoms with Crippen molar-refractivity contribution in [2.24, 2.45) is 5.73 Å². The van der Waals surface area contributed by atoms with Crippen LogP contribution in [-0.4, -0.2) is 44.3 Å². The quantitative estimate of drug-likeness (QED) is 0.326. The lowest BCUT2D eigenvalue weighted by molar-refractivity contribution is -0.115. The van der Waals surface area contributed by atoms with Gasteiger partial charge in [0.25, 0.3) is 0 Å². The van der Waals surface area contributed by atoms with Crippen molar-refractivity contribution >= 4 is 21.8 Å². The molecule has 10 nitrogen and oxygen atoms in total. The molecule has 0 atom stereocenters. The molecule has 0 aliphatic rings. The fourth-order valence-corrected chi connectivity index (χ4v) is 2.61. The van der Waals surface area contributed by atoms with Gasteiger partial charge in [-0.25, -0.2) is 8.42 Å². The number of carbonyl (C=O) groups excluding carboxylic acids is 1. The molecule has 4 N–H and O–H groups in total. The molecule has 0 saturated carbocycles. The highest BCUT2D eigenvalue weighted by Crippen LogP contribution is 2.21. The summed E-state index contributed by atoms with van der Waals surface area (Å²) >= 11 is 0. The van der Waals surface area contributed by atoms with Crippen LogP contribution in [0.5, 0.6) is 5.75 Å². The van der Waals surface area contributed by atoms with Gasteiger partial charge in [-0.2, -0.15) is 5.26 Å². The molecular formula is C14H19N5O5S. The van der Waals surface area contributed by atoms with E-state index < -0.39 is 27.6 Å². The molecule has 136 valence electrons. The van der Waals surface area contributed by atoms with E-state index in [1.54, 1.807) is 0 Å². The number of nitrogens with zero attached hydrogens (tertiary/aromatic N) is 2. The van der Waals surface area contributed by atoms with E-state index in [0.29, 0.717) is 10.9 Å². The topological polar surface area (TPSA) is 159 Å². The number of hydrazine groups is 1. The molecule has 1 aromatic rings. The number of nitrogens with two attached hydrogens (primary N) is 1. The number of benzene rings is 1. The molecule has 1 amide bonds. The molecule has 0 spiro atoms. The van der Waals surface area contributed by atoms with Crippen LogP contribution in [0.3, 0.4) is 0 Å². The SMILES string of the molecule is CC(C)Oc1ccc(C(=N)ON(C)NS(=O)(=O)CC(N)=O)cc1C#N. The van der Waals surface area contributed by atoms with Gasteiger partial charge in [-0.05, 0) is 32.0 Å². The number of sulfonamides is 1. The van der Waals surface area contributed by atoms with Crippen molar-refractivity contribution in [1.29, 1.82) is 10.7 Å². The Kier molecular flexibility index (Phi) is 6.86. The van der Waals surface area contributed by atoms with Crippen LogP contribution in [0.2, 0.25) is 0 Å². The third-order valence-corrected chi connectivity index (χ3v) is 3.75. The molecule has 0 unspecified atom stereocenters. The van der Waals surface area contributed by atoms with Crippen molar-refractivity contribution in [3.05, 3.63) is 29.3 Å². The van der Waals surface area contributed by atoms with E-state index in [9.17, 15) is 13.2 Å². The third kappa shape index (κ3) is 6.76. The fourth-order valence-electron chi connectivity index (χ4n) is 1.74. The van der Waals surface area contributed by atoms with E-state index >= 15 is 0 Å². The second kappa shape index (κ2) is 8.43. The summed E-state index contributed by atoms with van der Waals surface area (Å²) in [5.41, 5.74) is 5.26. The molecule has 25 heavy (non-hydrogen) atoms. The van der Waals surface area contributed by atoms with Gasteiger partial charge in [0.1, 0.15) is 17.6 Å². The highest BCUT2D eigenvalue weighted by atomic mass is 32.2. The smallest absolute Gasteiger partial charge is 0.240 e. The number of hydrogen-bond acceptors (Lipinski definition) is 8. The van der Waals surface area contributed by atoms with Crippen LogP contribution in [0.4, 0.5) is 0 Å². The van der Waals surface area contributed by atoms with Crippen molar-refractivity contribution in [1.82, 2.24) is 10.0 Å². The lowest BCUT2D eigenvalue weighted by atomic mass is 10.1. The summed E-state index contributed by atoms with van der Waals surface area (Å²) in [5, 5.41) is 17.7. The average Bonchev–Trinajstić information content (AvgIpc) is 2.44. The number of ether oxygens (including phenoxy) is 1. The Hall–Kier alpha value is -2.68. The molecule has 0 aromatic heterocycles. The second-order valence-corrected chi connectivity index (χ2v) is 6.92. The van der Waals surface area contributed by atoms with Gasteiger partial charge < -0.3 is 15.3 Å². The molecule has 0 radical (unpaired) electrons. The summed E-state index contributed by atoms with van der Waals surface area (Å²) in [5.74, 6) is -2.01. The predicted molar refractivity (Wildman–Crippen MR) is 88.7 cm³/mol. The Bertz CT molecular complexity index is 800. The Morgan fingerprint density at radius 1 is 1.48 bits per heavy atom. The number of hydroxylamine groups is 1. The number of nitrogens with one attached hydrogen (secondary N) is 2. The van der Waals surface area contributed by atoms with Crippen molar-refractivity contribution < 1.29 is 22.8 Å². The minimum absolute atomic E-state index is 0.126. The summed E-state index contributed by atoms with van der Waals surface area (Å²) in [4.78, 5) is 17.6. The van der Waals surface area contributed by atoms with E-state index in [1.165, 1.54) is 25.2 Å². The second-order valence-electron chi connectivity index (χ2n) is 5.22. The first-order valence-electron chi connectivity index (χ1n) is 7.04. The van der Waals surface area contributed by atoms with Crippen molar-refractivity contribution in [2.45, 2.75) is 20.0 Å². The van der Waals surface area contributed by atoms with Gasteiger partial charge in [-0.1, -0.05) is 5.17 Å². The van der Waals surface area contributed by atoms with Crippen LogP contribution in [0, 0.1) is 16.7 Å². The predicted octanol–water partition coefficient (Wildman–Crippen LogP) is -0.146. The molecular weight excluding hydrogens is 350 g/mol. The molecule has 0 aliphatic heterocycles. The number of amides is 1. The maximum absolute atomic E-state index is 11.6. The van der Waals surface area contributed by atoms with Gasteiger partial charge in [0.15, 0.2) is 0 Å². The van der Waals surface area contributed by atoms with E-state index in [4.69, 9.17) is 26.0 Å². The van der Waals surface area contributed by atoms with Gasteiger partial charge in [-0.3, -0.25) is 10.2 Å². The minimum atomic E-state index is -4.03. The fraction of sp³-hybridized carbons (Fsp3) is 0.357. The standard InChI is InChI=1S/C14H19N5O5S/c1-9(2)23-12-5-4-10(6-11(12)7-15)14(17)24-19(3)18-25(21,22)8-13(16)20/h4-6,9,17-18H,8H2,1-3H3,(H2,16,20). The number of hydrogen-bond donors (Lipinski definition) is 3. The molecule has 0 heterocycles. The Labute approximate surface area is 145 Å². The Morgan fingerprint density at radius 3 is 2.64 bits per heavy atom. The molecule has 0 fully saturated rings. The zero-order chi connectivity index (χ0) is 19.2. The van der Waals surface area contributed by atoms with Crippen molar-refractivity contribution in [2.75, 3.05) is 12.8 Å². The molecule has 1 rings (SSSR count). The summed E-state index contributed by atoms with van der Waals surface area (Å²) < 4.78 is 28.6. The molecule has 0 bridgehead atoms. The first-order valence-corrected chi connectivity index (χ1v) is 8.69. The largest absolute Gasteiger partial charge is 0.490 e. The lowest BCUT2D eigenvalue weighted by Gasteiger charge is -2.18. The van der Waals surface area contributed by atoms with Crippen LogP contribution in [0.1, 0.15) is 25.0 Å². The number of rotatable bonds is 8. The Morgan fingerprint density at radius 2 is 2.12 bits per heavy atom. The van der Waals surface area contributed by atoms with E-state index in [1.807, 2.05) is 24.7 Å². The van der Waals surface area contributed by atoms with Crippen LogP contribution in [0.25, 0.3) is 0 Å². The number of primary amides is 1. The first-order chi connectivity index (χ1) is 11.5. The maximum atomic E-state index is 11.6. The van der Waals surface area contributed by atoms with Gasteiger partial charge in [0.05, 0.1) is 11.7 Å². The summed E-state index contributed by atoms with van der Waals surface area (Å²) in [6, 6.07) is 6.35. The zero-order valence-corrected chi connectivity index (χ0v) is 14.8.